The lowest BCUT2D eigenvalue weighted by molar-refractivity contribution is 0.101. The Kier molecular flexibility index (Phi) is 8.27. The van der Waals surface area contributed by atoms with Gasteiger partial charge in [-0.3, -0.25) is 13.6 Å². The van der Waals surface area contributed by atoms with E-state index in [0.29, 0.717) is 0 Å². The average molecular weight is 419 g/mol. The summed E-state index contributed by atoms with van der Waals surface area (Å²) in [6.07, 6.45) is 0. The minimum atomic E-state index is -1.06. The first-order chi connectivity index (χ1) is 10.9. The molecule has 0 unspecified atom stereocenters. The monoisotopic (exact) mass is 417 g/mol. The highest BCUT2D eigenvalue weighted by molar-refractivity contribution is 6.30. The van der Waals surface area contributed by atoms with Crippen LogP contribution in [0.2, 0.25) is 0 Å². The third-order valence-electron chi connectivity index (χ3n) is 3.68. The third-order valence-corrected chi connectivity index (χ3v) is 4.96. The second-order valence-electron chi connectivity index (χ2n) is 6.94. The molecule has 144 valence electrons. The van der Waals surface area contributed by atoms with Crippen LogP contribution in [-0.2, 0) is 0 Å². The van der Waals surface area contributed by atoms with E-state index in [2.05, 4.69) is 0 Å². The summed E-state index contributed by atoms with van der Waals surface area (Å²) in [7, 11) is 0. The summed E-state index contributed by atoms with van der Waals surface area (Å²) in [5.74, 6) is -0.247. The molecule has 1 aromatic rings. The van der Waals surface area contributed by atoms with Gasteiger partial charge in [-0.1, -0.05) is 0 Å². The molecule has 0 aliphatic rings. The molecule has 0 radical (unpaired) electrons. The van der Waals surface area contributed by atoms with Crippen molar-refractivity contribution in [3.63, 3.8) is 0 Å². The topological polar surface area (TPSA) is 49.6 Å². The number of hydrogen-bond donors (Lipinski definition) is 1. The van der Waals surface area contributed by atoms with E-state index in [9.17, 15) is 13.6 Å². The molecule has 0 aliphatic carbocycles. The molecule has 0 saturated carbocycles. The van der Waals surface area contributed by atoms with E-state index in [1.165, 1.54) is 19.1 Å². The maximum atomic E-state index is 13.3. The standard InChI is InChI=1S/C16H23Cl2F2N3O.ClH/c1-10(24)11-6-12(22(17)15(2,3)8-19)14(21)13(7-11)23(18)16(4,5)9-20;/h6-7H,8-9,21H2,1-5H3;1H. The van der Waals surface area contributed by atoms with Gasteiger partial charge in [-0.15, -0.1) is 12.4 Å². The van der Waals surface area contributed by atoms with Gasteiger partial charge < -0.3 is 5.73 Å². The molecule has 0 fully saturated rings. The summed E-state index contributed by atoms with van der Waals surface area (Å²) in [5, 5.41) is 0. The molecule has 1 rings (SSSR count). The van der Waals surface area contributed by atoms with Gasteiger partial charge in [0, 0.05) is 29.1 Å². The van der Waals surface area contributed by atoms with Crippen LogP contribution in [-0.4, -0.2) is 30.2 Å². The molecule has 0 aromatic heterocycles. The van der Waals surface area contributed by atoms with Gasteiger partial charge in [0.1, 0.15) is 13.3 Å². The van der Waals surface area contributed by atoms with Crippen molar-refractivity contribution in [2.45, 2.75) is 45.7 Å². The largest absolute Gasteiger partial charge is 0.395 e. The van der Waals surface area contributed by atoms with Crippen LogP contribution in [0.25, 0.3) is 0 Å². The van der Waals surface area contributed by atoms with Crippen LogP contribution in [0.3, 0.4) is 0 Å². The minimum absolute atomic E-state index is 0. The van der Waals surface area contributed by atoms with E-state index in [1.54, 1.807) is 27.7 Å². The average Bonchev–Trinajstić information content (AvgIpc) is 2.53. The molecule has 0 amide bonds. The second-order valence-corrected chi connectivity index (χ2v) is 7.61. The number of ketones is 1. The number of halogens is 5. The molecule has 0 atom stereocenters. The van der Waals surface area contributed by atoms with E-state index < -0.39 is 24.4 Å². The van der Waals surface area contributed by atoms with Gasteiger partial charge in [0.2, 0.25) is 0 Å². The number of Topliss-reactive ketones (excluding diaryl/α,β-unsaturated/α-hetero) is 1. The van der Waals surface area contributed by atoms with Gasteiger partial charge in [-0.2, -0.15) is 0 Å². The van der Waals surface area contributed by atoms with Gasteiger partial charge in [-0.05, 0) is 46.8 Å². The summed E-state index contributed by atoms with van der Waals surface area (Å²) in [4.78, 5) is 11.8. The minimum Gasteiger partial charge on any atom is -0.395 e. The first kappa shape index (κ1) is 24.0. The van der Waals surface area contributed by atoms with Gasteiger partial charge in [0.15, 0.2) is 5.78 Å². The number of nitrogens with two attached hydrogens (primary N) is 1. The zero-order chi connectivity index (χ0) is 18.9. The van der Waals surface area contributed by atoms with Crippen molar-refractivity contribution in [2.75, 3.05) is 27.9 Å². The quantitative estimate of drug-likeness (QED) is 0.370. The Morgan fingerprint density at radius 1 is 1.04 bits per heavy atom. The first-order valence-corrected chi connectivity index (χ1v) is 8.05. The molecular formula is C16H24Cl3F2N3O. The van der Waals surface area contributed by atoms with Crippen LogP contribution in [0, 0.1) is 0 Å². The molecule has 0 aliphatic heterocycles. The van der Waals surface area contributed by atoms with Gasteiger partial charge >= 0.3 is 0 Å². The Balaban J connectivity index is 0.00000576. The Hall–Kier alpha value is -0.980. The number of carbonyl (C=O) groups excluding carboxylic acids is 1. The van der Waals surface area contributed by atoms with Crippen LogP contribution >= 0.6 is 36.0 Å². The van der Waals surface area contributed by atoms with E-state index in [4.69, 9.17) is 29.3 Å². The second kappa shape index (κ2) is 8.60. The van der Waals surface area contributed by atoms with Gasteiger partial charge in [0.05, 0.1) is 28.1 Å². The first-order valence-electron chi connectivity index (χ1n) is 7.37. The van der Waals surface area contributed by atoms with Crippen molar-refractivity contribution in [2.24, 2.45) is 0 Å². The molecule has 1 aromatic carbocycles. The van der Waals surface area contributed by atoms with Gasteiger partial charge in [0.25, 0.3) is 0 Å². The van der Waals surface area contributed by atoms with Crippen LogP contribution < -0.4 is 14.6 Å². The number of benzene rings is 1. The normalized spacial score (nSPS) is 11.7. The van der Waals surface area contributed by atoms with Crippen LogP contribution in [0.5, 0.6) is 0 Å². The van der Waals surface area contributed by atoms with Crippen molar-refractivity contribution in [1.29, 1.82) is 0 Å². The molecule has 0 heterocycles. The number of carbonyl (C=O) groups is 1. The molecular weight excluding hydrogens is 395 g/mol. The lowest BCUT2D eigenvalue weighted by Crippen LogP contribution is -2.41. The Morgan fingerprint density at radius 2 is 1.36 bits per heavy atom. The predicted octanol–water partition coefficient (Wildman–Crippen LogP) is 5.31. The third kappa shape index (κ3) is 5.02. The highest BCUT2D eigenvalue weighted by atomic mass is 35.5. The Labute approximate surface area is 163 Å². The summed E-state index contributed by atoms with van der Waals surface area (Å²) in [5.41, 5.74) is 4.92. The fraction of sp³-hybridized carbons (Fsp3) is 0.562. The Morgan fingerprint density at radius 3 is 1.60 bits per heavy atom. The number of alkyl halides is 2. The van der Waals surface area contributed by atoms with E-state index in [-0.39, 0.29) is 40.8 Å². The lowest BCUT2D eigenvalue weighted by Gasteiger charge is -2.36. The highest BCUT2D eigenvalue weighted by Gasteiger charge is 2.32. The summed E-state index contributed by atoms with van der Waals surface area (Å²) in [6.45, 7) is 6.24. The molecule has 2 N–H and O–H groups in total. The predicted molar refractivity (Wildman–Crippen MR) is 105 cm³/mol. The highest BCUT2D eigenvalue weighted by Crippen LogP contribution is 2.42. The number of nitrogen functional groups attached to an aromatic ring is 1. The van der Waals surface area contributed by atoms with Crippen LogP contribution in [0.15, 0.2) is 12.1 Å². The molecule has 9 heteroatoms. The summed E-state index contributed by atoms with van der Waals surface area (Å²) in [6, 6.07) is 2.94. The Bertz CT molecular complexity index is 584. The molecule has 25 heavy (non-hydrogen) atoms. The van der Waals surface area contributed by atoms with E-state index >= 15 is 0 Å². The smallest absolute Gasteiger partial charge is 0.159 e. The van der Waals surface area contributed by atoms with Crippen molar-refractivity contribution >= 4 is 58.8 Å². The van der Waals surface area contributed by atoms with Crippen LogP contribution in [0.4, 0.5) is 25.8 Å². The molecule has 4 nitrogen and oxygen atoms in total. The van der Waals surface area contributed by atoms with Crippen molar-refractivity contribution in [3.8, 4) is 0 Å². The zero-order valence-corrected chi connectivity index (χ0v) is 17.2. The van der Waals surface area contributed by atoms with Crippen molar-refractivity contribution < 1.29 is 13.6 Å². The molecule has 0 bridgehead atoms. The van der Waals surface area contributed by atoms with E-state index in [0.717, 1.165) is 8.84 Å². The summed E-state index contributed by atoms with van der Waals surface area (Å²) >= 11 is 12.5. The van der Waals surface area contributed by atoms with Crippen LogP contribution in [0.1, 0.15) is 45.0 Å². The molecule has 0 saturated heterocycles. The fourth-order valence-electron chi connectivity index (χ4n) is 1.91. The number of anilines is 3. The van der Waals surface area contributed by atoms with Crippen molar-refractivity contribution in [1.82, 2.24) is 0 Å². The lowest BCUT2D eigenvalue weighted by atomic mass is 10.0. The number of rotatable bonds is 7. The maximum Gasteiger partial charge on any atom is 0.159 e. The molecule has 0 spiro atoms. The SMILES string of the molecule is CC(=O)c1cc(N(Cl)C(C)(C)CF)c(N)c(N(Cl)C(C)(C)CF)c1.Cl. The zero-order valence-electron chi connectivity index (χ0n) is 14.9. The van der Waals surface area contributed by atoms with Crippen molar-refractivity contribution in [3.05, 3.63) is 17.7 Å². The number of hydrogen-bond acceptors (Lipinski definition) is 4. The number of nitrogens with zero attached hydrogens (tertiary/aromatic N) is 2. The summed E-state index contributed by atoms with van der Waals surface area (Å²) < 4.78 is 28.8. The fourth-order valence-corrected chi connectivity index (χ4v) is 2.28. The van der Waals surface area contributed by atoms with Gasteiger partial charge in [-0.25, -0.2) is 8.78 Å². The van der Waals surface area contributed by atoms with E-state index in [1.807, 2.05) is 0 Å². The maximum absolute atomic E-state index is 13.3.